The van der Waals surface area contributed by atoms with E-state index in [-0.39, 0.29) is 5.97 Å². The van der Waals surface area contributed by atoms with Gasteiger partial charge in [-0.15, -0.1) is 0 Å². The van der Waals surface area contributed by atoms with Gasteiger partial charge in [-0.25, -0.2) is 4.79 Å². The van der Waals surface area contributed by atoms with E-state index in [1.807, 2.05) is 6.07 Å². The van der Waals surface area contributed by atoms with Crippen LogP contribution in [0.5, 0.6) is 11.5 Å². The Kier molecular flexibility index (Phi) is 3.75. The van der Waals surface area contributed by atoms with Gasteiger partial charge in [0.1, 0.15) is 0 Å². The summed E-state index contributed by atoms with van der Waals surface area (Å²) in [5, 5.41) is 0. The lowest BCUT2D eigenvalue weighted by Gasteiger charge is -2.14. The smallest absolute Gasteiger partial charge is 0.337 e. The van der Waals surface area contributed by atoms with Crippen molar-refractivity contribution in [3.63, 3.8) is 0 Å². The molecule has 1 aromatic carbocycles. The average molecular weight is 250 g/mol. The van der Waals surface area contributed by atoms with Gasteiger partial charge >= 0.3 is 5.97 Å². The van der Waals surface area contributed by atoms with Gasteiger partial charge in [-0.3, -0.25) is 0 Å². The maximum atomic E-state index is 11.6. The van der Waals surface area contributed by atoms with Crippen LogP contribution in [0.4, 0.5) is 0 Å². The van der Waals surface area contributed by atoms with E-state index in [0.29, 0.717) is 17.2 Å². The summed E-state index contributed by atoms with van der Waals surface area (Å²) < 4.78 is 15.4. The summed E-state index contributed by atoms with van der Waals surface area (Å²) in [5.74, 6) is 1.65. The van der Waals surface area contributed by atoms with Crippen molar-refractivity contribution in [2.75, 3.05) is 21.3 Å². The van der Waals surface area contributed by atoms with Gasteiger partial charge in [-0.1, -0.05) is 0 Å². The minimum absolute atomic E-state index is 0.354. The van der Waals surface area contributed by atoms with Crippen molar-refractivity contribution < 1.29 is 19.0 Å². The van der Waals surface area contributed by atoms with Crippen LogP contribution in [0.25, 0.3) is 0 Å². The van der Waals surface area contributed by atoms with Crippen molar-refractivity contribution in [3.05, 3.63) is 23.3 Å². The van der Waals surface area contributed by atoms with E-state index in [2.05, 4.69) is 0 Å². The fraction of sp³-hybridized carbons (Fsp3) is 0.500. The van der Waals surface area contributed by atoms with Gasteiger partial charge in [0.25, 0.3) is 0 Å². The highest BCUT2D eigenvalue weighted by atomic mass is 16.5. The number of carbonyl (C=O) groups is 1. The van der Waals surface area contributed by atoms with Gasteiger partial charge in [-0.05, 0) is 42.9 Å². The third kappa shape index (κ3) is 2.58. The molecule has 18 heavy (non-hydrogen) atoms. The third-order valence-electron chi connectivity index (χ3n) is 3.18. The summed E-state index contributed by atoms with van der Waals surface area (Å²) in [4.78, 5) is 11.6. The molecule has 0 N–H and O–H groups in total. The molecule has 0 saturated heterocycles. The number of carbonyl (C=O) groups excluding carboxylic acids is 1. The number of hydrogen-bond donors (Lipinski definition) is 0. The first kappa shape index (κ1) is 12.7. The predicted octanol–water partition coefficient (Wildman–Crippen LogP) is 2.44. The Balaban J connectivity index is 2.41. The standard InChI is InChI=1S/C14H18O4/c1-16-12-8-11(14(15)18-3)7-10(13(12)17-2)6-9-4-5-9/h7-9H,4-6H2,1-3H3. The van der Waals surface area contributed by atoms with Crippen molar-refractivity contribution in [1.29, 1.82) is 0 Å². The van der Waals surface area contributed by atoms with Gasteiger partial charge in [0.05, 0.1) is 26.9 Å². The molecule has 0 radical (unpaired) electrons. The lowest BCUT2D eigenvalue weighted by Crippen LogP contribution is -2.05. The SMILES string of the molecule is COC(=O)c1cc(CC2CC2)c(OC)c(OC)c1. The number of methoxy groups -OCH3 is 3. The van der Waals surface area contributed by atoms with Gasteiger partial charge in [0.15, 0.2) is 11.5 Å². The molecule has 4 nitrogen and oxygen atoms in total. The first-order valence-corrected chi connectivity index (χ1v) is 6.02. The van der Waals surface area contributed by atoms with Crippen LogP contribution in [0.3, 0.4) is 0 Å². The van der Waals surface area contributed by atoms with Gasteiger partial charge < -0.3 is 14.2 Å². The second-order valence-corrected chi connectivity index (χ2v) is 4.51. The molecule has 1 saturated carbocycles. The Hall–Kier alpha value is -1.71. The van der Waals surface area contributed by atoms with Crippen LogP contribution in [0, 0.1) is 5.92 Å². The molecule has 2 rings (SSSR count). The zero-order valence-electron chi connectivity index (χ0n) is 11.0. The van der Waals surface area contributed by atoms with E-state index in [9.17, 15) is 4.79 Å². The minimum atomic E-state index is -0.354. The van der Waals surface area contributed by atoms with Crippen LogP contribution in [-0.2, 0) is 11.2 Å². The summed E-state index contributed by atoms with van der Waals surface area (Å²) in [6.07, 6.45) is 3.41. The molecular weight excluding hydrogens is 232 g/mol. The van der Waals surface area contributed by atoms with Crippen molar-refractivity contribution in [3.8, 4) is 11.5 Å². The summed E-state index contributed by atoms with van der Waals surface area (Å²) in [6, 6.07) is 3.49. The number of hydrogen-bond acceptors (Lipinski definition) is 4. The molecule has 4 heteroatoms. The maximum Gasteiger partial charge on any atom is 0.337 e. The third-order valence-corrected chi connectivity index (χ3v) is 3.18. The Morgan fingerprint density at radius 1 is 1.22 bits per heavy atom. The largest absolute Gasteiger partial charge is 0.493 e. The van der Waals surface area contributed by atoms with E-state index in [1.165, 1.54) is 20.0 Å². The zero-order valence-corrected chi connectivity index (χ0v) is 11.0. The molecule has 0 amide bonds. The van der Waals surface area contributed by atoms with Crippen molar-refractivity contribution in [2.24, 2.45) is 5.92 Å². The average Bonchev–Trinajstić information content (AvgIpc) is 3.20. The molecule has 1 aliphatic rings. The molecule has 0 aliphatic heterocycles. The molecule has 0 bridgehead atoms. The Morgan fingerprint density at radius 2 is 1.94 bits per heavy atom. The molecular formula is C14H18O4. The molecule has 98 valence electrons. The Morgan fingerprint density at radius 3 is 2.44 bits per heavy atom. The van der Waals surface area contributed by atoms with Gasteiger partial charge in [-0.2, -0.15) is 0 Å². The topological polar surface area (TPSA) is 44.8 Å². The summed E-state index contributed by atoms with van der Waals surface area (Å²) in [5.41, 5.74) is 1.52. The quantitative estimate of drug-likeness (QED) is 0.753. The van der Waals surface area contributed by atoms with Crippen molar-refractivity contribution >= 4 is 5.97 Å². The molecule has 0 unspecified atom stereocenters. The Bertz CT molecular complexity index is 449. The van der Waals surface area contributed by atoms with Crippen LogP contribution in [0.15, 0.2) is 12.1 Å². The highest BCUT2D eigenvalue weighted by molar-refractivity contribution is 5.90. The van der Waals surface area contributed by atoms with E-state index in [4.69, 9.17) is 14.2 Å². The highest BCUT2D eigenvalue weighted by Crippen LogP contribution is 2.39. The van der Waals surface area contributed by atoms with Crippen LogP contribution >= 0.6 is 0 Å². The van der Waals surface area contributed by atoms with E-state index in [0.717, 1.165) is 17.7 Å². The number of benzene rings is 1. The first-order valence-electron chi connectivity index (χ1n) is 6.02. The summed E-state index contributed by atoms with van der Waals surface area (Å²) >= 11 is 0. The number of rotatable bonds is 5. The van der Waals surface area contributed by atoms with Crippen LogP contribution < -0.4 is 9.47 Å². The van der Waals surface area contributed by atoms with E-state index in [1.54, 1.807) is 20.3 Å². The number of ether oxygens (including phenoxy) is 3. The fourth-order valence-electron chi connectivity index (χ4n) is 2.06. The minimum Gasteiger partial charge on any atom is -0.493 e. The van der Waals surface area contributed by atoms with E-state index < -0.39 is 0 Å². The van der Waals surface area contributed by atoms with E-state index >= 15 is 0 Å². The Labute approximate surface area is 107 Å². The van der Waals surface area contributed by atoms with Crippen LogP contribution in [-0.4, -0.2) is 27.3 Å². The molecule has 1 aromatic rings. The summed E-state index contributed by atoms with van der Waals surface area (Å²) in [7, 11) is 4.56. The monoisotopic (exact) mass is 250 g/mol. The highest BCUT2D eigenvalue weighted by Gasteiger charge is 2.25. The molecule has 1 aliphatic carbocycles. The van der Waals surface area contributed by atoms with Crippen LogP contribution in [0.1, 0.15) is 28.8 Å². The molecule has 0 aromatic heterocycles. The van der Waals surface area contributed by atoms with Crippen molar-refractivity contribution in [1.82, 2.24) is 0 Å². The second-order valence-electron chi connectivity index (χ2n) is 4.51. The number of esters is 1. The second kappa shape index (κ2) is 5.29. The molecule has 0 atom stereocenters. The first-order chi connectivity index (χ1) is 8.69. The molecule has 0 spiro atoms. The van der Waals surface area contributed by atoms with Gasteiger partial charge in [0.2, 0.25) is 0 Å². The fourth-order valence-corrected chi connectivity index (χ4v) is 2.06. The lowest BCUT2D eigenvalue weighted by molar-refractivity contribution is 0.0600. The maximum absolute atomic E-state index is 11.6. The normalized spacial score (nSPS) is 14.2. The predicted molar refractivity (Wildman–Crippen MR) is 67.3 cm³/mol. The lowest BCUT2D eigenvalue weighted by atomic mass is 10.0. The summed E-state index contributed by atoms with van der Waals surface area (Å²) in [6.45, 7) is 0. The van der Waals surface area contributed by atoms with Crippen molar-refractivity contribution in [2.45, 2.75) is 19.3 Å². The molecule has 0 heterocycles. The van der Waals surface area contributed by atoms with Crippen LogP contribution in [0.2, 0.25) is 0 Å². The zero-order chi connectivity index (χ0) is 13.1. The van der Waals surface area contributed by atoms with Gasteiger partial charge in [0, 0.05) is 0 Å². The molecule has 1 fully saturated rings.